The number of benzene rings is 2. The second-order valence-corrected chi connectivity index (χ2v) is 10.1. The molecule has 31 heavy (non-hydrogen) atoms. The number of ketones is 1. The quantitative estimate of drug-likeness (QED) is 0.581. The van der Waals surface area contributed by atoms with Gasteiger partial charge in [0.25, 0.3) is 5.91 Å². The third-order valence-corrected chi connectivity index (χ3v) is 6.04. The molecular formula is C26H30ClNO3. The van der Waals surface area contributed by atoms with Crippen LogP contribution in [-0.4, -0.2) is 16.8 Å². The summed E-state index contributed by atoms with van der Waals surface area (Å²) in [6, 6.07) is 12.5. The van der Waals surface area contributed by atoms with Crippen LogP contribution in [0, 0.1) is 12.8 Å². The van der Waals surface area contributed by atoms with Crippen LogP contribution >= 0.6 is 11.6 Å². The lowest BCUT2D eigenvalue weighted by Crippen LogP contribution is -2.31. The minimum atomic E-state index is -0.702. The molecule has 0 radical (unpaired) electrons. The summed E-state index contributed by atoms with van der Waals surface area (Å²) in [6.07, 6.45) is 0.256. The fraction of sp³-hybridized carbons (Fsp3) is 0.385. The first-order chi connectivity index (χ1) is 14.4. The van der Waals surface area contributed by atoms with Gasteiger partial charge >= 0.3 is 0 Å². The number of aliphatic hydroxyl groups is 1. The van der Waals surface area contributed by atoms with Gasteiger partial charge in [0.2, 0.25) is 0 Å². The summed E-state index contributed by atoms with van der Waals surface area (Å²) >= 11 is 6.33. The van der Waals surface area contributed by atoms with Crippen molar-refractivity contribution < 1.29 is 14.7 Å². The van der Waals surface area contributed by atoms with E-state index in [1.54, 1.807) is 12.1 Å². The Hall–Kier alpha value is -2.59. The van der Waals surface area contributed by atoms with Crippen LogP contribution in [0.15, 0.2) is 53.8 Å². The summed E-state index contributed by atoms with van der Waals surface area (Å²) in [7, 11) is 0. The second-order valence-electron chi connectivity index (χ2n) is 9.67. The summed E-state index contributed by atoms with van der Waals surface area (Å²) in [5, 5.41) is 11.3. The maximum absolute atomic E-state index is 13.1. The van der Waals surface area contributed by atoms with Crippen LogP contribution in [0.3, 0.4) is 0 Å². The molecule has 0 aromatic heterocycles. The zero-order chi connectivity index (χ0) is 23.1. The predicted molar refractivity (Wildman–Crippen MR) is 126 cm³/mol. The molecule has 1 N–H and O–H groups in total. The van der Waals surface area contributed by atoms with E-state index in [1.807, 2.05) is 51.1 Å². The number of rotatable bonds is 5. The van der Waals surface area contributed by atoms with Crippen molar-refractivity contribution in [1.82, 2.24) is 0 Å². The van der Waals surface area contributed by atoms with Crippen molar-refractivity contribution in [2.75, 3.05) is 4.90 Å². The fourth-order valence-corrected chi connectivity index (χ4v) is 4.02. The monoisotopic (exact) mass is 439 g/mol. The molecule has 0 fully saturated rings. The normalized spacial score (nSPS) is 17.1. The topological polar surface area (TPSA) is 57.6 Å². The molecular weight excluding hydrogens is 410 g/mol. The highest BCUT2D eigenvalue weighted by molar-refractivity contribution is 6.31. The number of nitrogens with zero attached hydrogens (tertiary/aromatic N) is 1. The van der Waals surface area contributed by atoms with Gasteiger partial charge < -0.3 is 5.11 Å². The van der Waals surface area contributed by atoms with Gasteiger partial charge in [0.15, 0.2) is 11.5 Å². The molecule has 4 nitrogen and oxygen atoms in total. The van der Waals surface area contributed by atoms with Crippen molar-refractivity contribution >= 4 is 29.0 Å². The van der Waals surface area contributed by atoms with E-state index in [0.29, 0.717) is 10.7 Å². The average molecular weight is 440 g/mol. The number of anilines is 1. The first kappa shape index (κ1) is 23.1. The maximum atomic E-state index is 13.1. The van der Waals surface area contributed by atoms with E-state index in [4.69, 9.17) is 11.6 Å². The van der Waals surface area contributed by atoms with Gasteiger partial charge in [0.05, 0.1) is 11.6 Å². The Morgan fingerprint density at radius 2 is 1.74 bits per heavy atom. The number of aryl methyl sites for hydroxylation is 1. The molecule has 2 aromatic rings. The van der Waals surface area contributed by atoms with Crippen molar-refractivity contribution in [3.8, 4) is 0 Å². The highest BCUT2D eigenvalue weighted by atomic mass is 35.5. The van der Waals surface area contributed by atoms with Gasteiger partial charge in [-0.25, -0.2) is 0 Å². The Balaban J connectivity index is 2.15. The van der Waals surface area contributed by atoms with E-state index in [9.17, 15) is 14.7 Å². The fourth-order valence-electron chi connectivity index (χ4n) is 3.85. The minimum Gasteiger partial charge on any atom is -0.503 e. The molecule has 1 atom stereocenters. The number of hydrogen-bond donors (Lipinski definition) is 1. The van der Waals surface area contributed by atoms with Gasteiger partial charge in [0.1, 0.15) is 0 Å². The molecule has 0 saturated heterocycles. The van der Waals surface area contributed by atoms with E-state index in [1.165, 1.54) is 4.90 Å². The molecule has 0 aliphatic carbocycles. The number of Topliss-reactive ketones (excluding diaryl/α,β-unsaturated/α-hetero) is 1. The molecule has 0 bridgehead atoms. The van der Waals surface area contributed by atoms with E-state index in [-0.39, 0.29) is 29.1 Å². The van der Waals surface area contributed by atoms with Crippen LogP contribution in [0.4, 0.5) is 5.69 Å². The third-order valence-electron chi connectivity index (χ3n) is 5.63. The first-order valence-electron chi connectivity index (χ1n) is 10.6. The van der Waals surface area contributed by atoms with Crippen molar-refractivity contribution in [3.63, 3.8) is 0 Å². The number of hydrogen-bond acceptors (Lipinski definition) is 3. The molecule has 0 saturated carbocycles. The molecule has 5 heteroatoms. The minimum absolute atomic E-state index is 0.0253. The number of aliphatic hydroxyl groups excluding tert-OH is 1. The number of carbonyl (C=O) groups excluding carboxylic acids is 2. The third kappa shape index (κ3) is 4.54. The SMILES string of the molecule is Cc1ccc(N2C(=O)C(O)=C(C(=O)CC(C)C)C2c2ccc(C(C)(C)C)cc2)cc1Cl. The lowest BCUT2D eigenvalue weighted by molar-refractivity contribution is -0.118. The molecule has 3 rings (SSSR count). The van der Waals surface area contributed by atoms with Crippen LogP contribution in [0.25, 0.3) is 0 Å². The van der Waals surface area contributed by atoms with E-state index >= 15 is 0 Å². The van der Waals surface area contributed by atoms with Crippen molar-refractivity contribution in [1.29, 1.82) is 0 Å². The Labute approximate surface area is 189 Å². The Morgan fingerprint density at radius 3 is 2.26 bits per heavy atom. The van der Waals surface area contributed by atoms with Crippen LogP contribution in [0.2, 0.25) is 5.02 Å². The first-order valence-corrected chi connectivity index (χ1v) is 11.0. The standard InChI is InChI=1S/C26H30ClNO3/c1-15(2)13-21(29)22-23(17-8-10-18(11-9-17)26(4,5)6)28(25(31)24(22)30)19-12-7-16(3)20(27)14-19/h7-12,14-15,23,30H,13H2,1-6H3. The molecule has 2 aromatic carbocycles. The number of halogens is 1. The molecule has 1 heterocycles. The van der Waals surface area contributed by atoms with Crippen LogP contribution in [0.5, 0.6) is 0 Å². The van der Waals surface area contributed by atoms with Crippen LogP contribution in [0.1, 0.15) is 63.8 Å². The lowest BCUT2D eigenvalue weighted by atomic mass is 9.85. The number of amides is 1. The molecule has 1 aliphatic heterocycles. The molecule has 164 valence electrons. The summed E-state index contributed by atoms with van der Waals surface area (Å²) < 4.78 is 0. The van der Waals surface area contributed by atoms with Gasteiger partial charge in [-0.15, -0.1) is 0 Å². The zero-order valence-corrected chi connectivity index (χ0v) is 19.7. The van der Waals surface area contributed by atoms with Gasteiger partial charge in [0, 0.05) is 17.1 Å². The van der Waals surface area contributed by atoms with E-state index in [0.717, 1.165) is 16.7 Å². The van der Waals surface area contributed by atoms with E-state index < -0.39 is 17.7 Å². The highest BCUT2D eigenvalue weighted by Gasteiger charge is 2.44. The smallest absolute Gasteiger partial charge is 0.294 e. The van der Waals surface area contributed by atoms with Gasteiger partial charge in [-0.1, -0.05) is 76.6 Å². The summed E-state index contributed by atoms with van der Waals surface area (Å²) in [4.78, 5) is 27.7. The van der Waals surface area contributed by atoms with E-state index in [2.05, 4.69) is 20.8 Å². The Bertz CT molecular complexity index is 1050. The Kier molecular flexibility index (Phi) is 6.33. The second kappa shape index (κ2) is 8.51. The average Bonchev–Trinajstić information content (AvgIpc) is 2.94. The highest BCUT2D eigenvalue weighted by Crippen LogP contribution is 2.42. The summed E-state index contributed by atoms with van der Waals surface area (Å²) in [6.45, 7) is 12.2. The Morgan fingerprint density at radius 1 is 1.13 bits per heavy atom. The maximum Gasteiger partial charge on any atom is 0.294 e. The van der Waals surface area contributed by atoms with Crippen molar-refractivity contribution in [2.24, 2.45) is 5.92 Å². The van der Waals surface area contributed by atoms with Gasteiger partial charge in [-0.3, -0.25) is 14.5 Å². The van der Waals surface area contributed by atoms with Crippen molar-refractivity contribution in [3.05, 3.63) is 75.5 Å². The zero-order valence-electron chi connectivity index (χ0n) is 19.0. The lowest BCUT2D eigenvalue weighted by Gasteiger charge is -2.28. The van der Waals surface area contributed by atoms with Gasteiger partial charge in [-0.2, -0.15) is 0 Å². The van der Waals surface area contributed by atoms with Crippen molar-refractivity contribution in [2.45, 2.75) is 59.4 Å². The molecule has 0 spiro atoms. The van der Waals surface area contributed by atoms with Crippen LogP contribution in [-0.2, 0) is 15.0 Å². The molecule has 1 aliphatic rings. The summed E-state index contributed by atoms with van der Waals surface area (Å²) in [5.74, 6) is -1.18. The van der Waals surface area contributed by atoms with Crippen LogP contribution < -0.4 is 4.90 Å². The molecule has 1 unspecified atom stereocenters. The largest absolute Gasteiger partial charge is 0.503 e. The summed E-state index contributed by atoms with van der Waals surface area (Å²) in [5.41, 5.74) is 3.48. The molecule has 1 amide bonds. The van der Waals surface area contributed by atoms with Gasteiger partial charge in [-0.05, 0) is 47.1 Å². The number of carbonyl (C=O) groups is 2. The predicted octanol–water partition coefficient (Wildman–Crippen LogP) is 6.46.